The van der Waals surface area contributed by atoms with E-state index < -0.39 is 0 Å². The molecule has 0 aromatic heterocycles. The molecule has 308 valence electrons. The van der Waals surface area contributed by atoms with Crippen molar-refractivity contribution in [2.75, 3.05) is 37.0 Å². The second kappa shape index (κ2) is 26.4. The molecule has 0 unspecified atom stereocenters. The third-order valence-electron chi connectivity index (χ3n) is 10.8. The monoisotopic (exact) mass is 856 g/mol. The van der Waals surface area contributed by atoms with E-state index in [0.717, 1.165) is 5.56 Å². The minimum atomic E-state index is 0. The van der Waals surface area contributed by atoms with Crippen molar-refractivity contribution in [3.05, 3.63) is 81.4 Å². The van der Waals surface area contributed by atoms with E-state index in [9.17, 15) is 0 Å². The zero-order chi connectivity index (χ0) is 40.7. The topological polar surface area (TPSA) is 0 Å². The number of hydrogen-bond acceptors (Lipinski definition) is 2. The van der Waals surface area contributed by atoms with Gasteiger partial charge in [-0.2, -0.15) is 0 Å². The van der Waals surface area contributed by atoms with Crippen molar-refractivity contribution >= 4 is 44.9 Å². The average molecular weight is 858 g/mol. The Kier molecular flexibility index (Phi) is 26.1. The first-order valence-corrected chi connectivity index (χ1v) is 25.6. The normalized spacial score (nSPS) is 11.4. The van der Waals surface area contributed by atoms with Crippen LogP contribution < -0.4 is 0 Å². The Bertz CT molecular complexity index is 1370. The second-order valence-electron chi connectivity index (χ2n) is 16.3. The van der Waals surface area contributed by atoms with Gasteiger partial charge in [0, 0.05) is 0 Å². The van der Waals surface area contributed by atoms with E-state index in [1.54, 1.807) is 0 Å². The van der Waals surface area contributed by atoms with Gasteiger partial charge in [0.25, 0.3) is 0 Å². The van der Waals surface area contributed by atoms with Crippen LogP contribution in [0.1, 0.15) is 199 Å². The van der Waals surface area contributed by atoms with Crippen LogP contribution in [0, 0.1) is 0 Å². The Balaban J connectivity index is 0.00000158. The largest absolute Gasteiger partial charge is 1.00 e. The number of rotatable bonds is 15. The predicted octanol–water partition coefficient (Wildman–Crippen LogP) is 17.0. The molecule has 0 N–H and O–H groups in total. The number of hydrogen-bond donors (Lipinski definition) is 0. The van der Waals surface area contributed by atoms with E-state index >= 15 is 0 Å². The van der Waals surface area contributed by atoms with E-state index in [-0.39, 0.29) is 17.1 Å². The van der Waals surface area contributed by atoms with Crippen molar-refractivity contribution in [2.24, 2.45) is 0 Å². The maximum Gasteiger partial charge on any atom is 1.00 e. The maximum atomic E-state index is 5.92. The van der Waals surface area contributed by atoms with Crippen molar-refractivity contribution in [2.45, 2.75) is 160 Å². The summed E-state index contributed by atoms with van der Waals surface area (Å²) >= 11 is 11.8. The molecule has 0 saturated carbocycles. The zero-order valence-electron chi connectivity index (χ0n) is 37.8. The van der Waals surface area contributed by atoms with Gasteiger partial charge < -0.3 is 24.8 Å². The molecule has 54 heavy (non-hydrogen) atoms. The molecular formula is C49H79CuP2S2. The molecule has 0 bridgehead atoms. The molecule has 0 fully saturated rings. The van der Waals surface area contributed by atoms with Gasteiger partial charge in [-0.15, -0.1) is 20.0 Å². The molecule has 0 atom stereocenters. The fraction of sp³-hybridized carbons (Fsp3) is 0.612. The van der Waals surface area contributed by atoms with Crippen LogP contribution in [-0.4, -0.2) is 41.2 Å². The van der Waals surface area contributed by atoms with Crippen molar-refractivity contribution < 1.29 is 17.1 Å². The Labute approximate surface area is 360 Å². The Hall–Kier alpha value is -0.651. The Morgan fingerprint density at radius 1 is 0.481 bits per heavy atom. The molecule has 3 aromatic rings. The molecule has 0 aliphatic heterocycles. The van der Waals surface area contributed by atoms with Crippen LogP contribution in [0.25, 0.3) is 22.3 Å². The van der Waals surface area contributed by atoms with Gasteiger partial charge in [-0.05, 0) is 134 Å². The standard InChI is InChI=1S/C37H50S2.2C6H15P.Cu/c1-20(2)26-16-30(22(5)6)34(31(17-26)23(7)8)28-14-13-15-29(36(28)37(38)39)35-32(24(9)10)18-27(21(3)4)19-33(35)25(11)12;2*1-4-7(5-2)6-3;/h13-25H,1-12H3,(H,38,39);2*4-6H2,1-3H3;/q;;;+1/p-1. The Morgan fingerprint density at radius 3 is 0.870 bits per heavy atom. The molecule has 0 amide bonds. The van der Waals surface area contributed by atoms with Crippen LogP contribution >= 0.6 is 28.1 Å². The number of benzene rings is 3. The predicted molar refractivity (Wildman–Crippen MR) is 258 cm³/mol. The molecule has 5 heteroatoms. The third kappa shape index (κ3) is 14.9. The van der Waals surface area contributed by atoms with Crippen LogP contribution in [0.4, 0.5) is 0 Å². The third-order valence-corrected chi connectivity index (χ3v) is 16.5. The summed E-state index contributed by atoms with van der Waals surface area (Å²) in [4.78, 5) is 0. The van der Waals surface area contributed by atoms with Crippen LogP contribution in [-0.2, 0) is 29.7 Å². The van der Waals surface area contributed by atoms with Crippen molar-refractivity contribution in [1.29, 1.82) is 0 Å². The van der Waals surface area contributed by atoms with Gasteiger partial charge in [0.05, 0.1) is 0 Å². The van der Waals surface area contributed by atoms with E-state index in [2.05, 4.69) is 167 Å². The first-order chi connectivity index (χ1) is 24.9. The summed E-state index contributed by atoms with van der Waals surface area (Å²) in [6.45, 7) is 41.3. The zero-order valence-corrected chi connectivity index (χ0v) is 42.1. The molecule has 0 nitrogen and oxygen atoms in total. The van der Waals surface area contributed by atoms with Crippen molar-refractivity contribution in [3.8, 4) is 22.3 Å². The summed E-state index contributed by atoms with van der Waals surface area (Å²) in [5.41, 5.74) is 14.4. The first-order valence-electron chi connectivity index (χ1n) is 21.0. The molecule has 0 spiro atoms. The summed E-state index contributed by atoms with van der Waals surface area (Å²) in [5, 5.41) is 0. The van der Waals surface area contributed by atoms with Crippen LogP contribution in [0.5, 0.6) is 0 Å². The summed E-state index contributed by atoms with van der Waals surface area (Å²) in [6.07, 6.45) is 8.51. The van der Waals surface area contributed by atoms with Crippen molar-refractivity contribution in [1.82, 2.24) is 0 Å². The van der Waals surface area contributed by atoms with Gasteiger partial charge >= 0.3 is 17.1 Å². The molecule has 3 rings (SSSR count). The fourth-order valence-electron chi connectivity index (χ4n) is 7.06. The maximum absolute atomic E-state index is 5.92. The average Bonchev–Trinajstić information content (AvgIpc) is 3.11. The molecule has 0 aliphatic rings. The molecule has 0 saturated heterocycles. The van der Waals surface area contributed by atoms with E-state index in [1.807, 2.05) is 0 Å². The summed E-state index contributed by atoms with van der Waals surface area (Å²) in [5.74, 6) is 2.48. The van der Waals surface area contributed by atoms with Crippen LogP contribution in [0.15, 0.2) is 42.5 Å². The summed E-state index contributed by atoms with van der Waals surface area (Å²) < 4.78 is 0.551. The van der Waals surface area contributed by atoms with Crippen LogP contribution in [0.3, 0.4) is 0 Å². The van der Waals surface area contributed by atoms with E-state index in [0.29, 0.717) is 55.5 Å². The summed E-state index contributed by atoms with van der Waals surface area (Å²) in [7, 11) is 0.892. The minimum Gasteiger partial charge on any atom is -0.428 e. The molecular weight excluding hydrogens is 778 g/mol. The van der Waals surface area contributed by atoms with Gasteiger partial charge in [0.1, 0.15) is 0 Å². The molecule has 3 aromatic carbocycles. The van der Waals surface area contributed by atoms with Gasteiger partial charge in [0.15, 0.2) is 0 Å². The quantitative estimate of drug-likeness (QED) is 0.0646. The van der Waals surface area contributed by atoms with Crippen LogP contribution in [0.2, 0.25) is 0 Å². The van der Waals surface area contributed by atoms with E-state index in [4.69, 9.17) is 24.8 Å². The van der Waals surface area contributed by atoms with E-state index in [1.165, 1.54) is 92.6 Å². The minimum absolute atomic E-state index is 0. The summed E-state index contributed by atoms with van der Waals surface area (Å²) in [6, 6.07) is 16.4. The SMILES string of the molecule is CC(C)c1cc(C(C)C)c(-c2cccc(-c3c(C(C)C)cc(C(C)C)cc3C(C)C)c2C(=S)[S-])c(C(C)C)c1.CCP(CC)CC.CCP(CC)CC.[Cu+]. The molecule has 0 radical (unpaired) electrons. The molecule has 0 heterocycles. The first kappa shape index (κ1) is 53.3. The number of thiocarbonyl (C=S) groups is 1. The van der Waals surface area contributed by atoms with Gasteiger partial charge in [0.2, 0.25) is 0 Å². The van der Waals surface area contributed by atoms with Crippen molar-refractivity contribution in [3.63, 3.8) is 0 Å². The Morgan fingerprint density at radius 2 is 0.722 bits per heavy atom. The second-order valence-corrected chi connectivity index (χ2v) is 23.9. The van der Waals surface area contributed by atoms with Gasteiger partial charge in [-0.1, -0.05) is 167 Å². The fourth-order valence-corrected chi connectivity index (χ4v) is 10.2. The smallest absolute Gasteiger partial charge is 0.428 e. The van der Waals surface area contributed by atoms with Gasteiger partial charge in [-0.25, -0.2) is 0 Å². The molecule has 0 aliphatic carbocycles. The van der Waals surface area contributed by atoms with Gasteiger partial charge in [-0.3, -0.25) is 0 Å².